The van der Waals surface area contributed by atoms with Crippen LogP contribution in [-0.2, 0) is 13.0 Å². The van der Waals surface area contributed by atoms with Gasteiger partial charge in [0.15, 0.2) is 5.17 Å². The zero-order valence-electron chi connectivity index (χ0n) is 17.9. The molecule has 9 heteroatoms. The van der Waals surface area contributed by atoms with E-state index in [1.807, 2.05) is 25.1 Å². The van der Waals surface area contributed by atoms with Crippen molar-refractivity contribution in [2.75, 3.05) is 29.1 Å². The number of nitrogens with two attached hydrogens (primary N) is 1. The monoisotopic (exact) mass is 449 g/mol. The number of amidine groups is 1. The highest BCUT2D eigenvalue weighted by Crippen LogP contribution is 2.18. The average molecular weight is 450 g/mol. The van der Waals surface area contributed by atoms with E-state index >= 15 is 0 Å². The second kappa shape index (κ2) is 12.5. The topological polar surface area (TPSA) is 105 Å². The third kappa shape index (κ3) is 7.60. The van der Waals surface area contributed by atoms with E-state index in [1.54, 1.807) is 23.5 Å². The molecule has 0 unspecified atom stereocenters. The van der Waals surface area contributed by atoms with E-state index in [1.165, 1.54) is 21.8 Å². The van der Waals surface area contributed by atoms with Crippen LogP contribution in [0.3, 0.4) is 0 Å². The molecule has 1 aromatic carbocycles. The number of nitrogens with one attached hydrogen (secondary N) is 2. The minimum atomic E-state index is -0.396. The van der Waals surface area contributed by atoms with Gasteiger partial charge in [0, 0.05) is 24.1 Å². The van der Waals surface area contributed by atoms with Crippen molar-refractivity contribution in [3.8, 4) is 0 Å². The Morgan fingerprint density at radius 3 is 2.73 bits per heavy atom. The van der Waals surface area contributed by atoms with Gasteiger partial charge in [0.1, 0.15) is 5.82 Å². The maximum atomic E-state index is 12.4. The number of anilines is 2. The molecule has 0 amide bonds. The Balaban J connectivity index is 1.87. The lowest BCUT2D eigenvalue weighted by Crippen LogP contribution is -2.35. The van der Waals surface area contributed by atoms with E-state index < -0.39 is 5.69 Å². The van der Waals surface area contributed by atoms with Crippen LogP contribution in [0.2, 0.25) is 0 Å². The van der Waals surface area contributed by atoms with Gasteiger partial charge in [-0.1, -0.05) is 31.7 Å². The van der Waals surface area contributed by atoms with Crippen molar-refractivity contribution in [3.05, 3.63) is 56.2 Å². The van der Waals surface area contributed by atoms with Crippen LogP contribution in [0.15, 0.2) is 38.8 Å². The molecule has 1 aromatic heterocycles. The summed E-state index contributed by atoms with van der Waals surface area (Å²) in [7, 11) is 0. The predicted octanol–water partition coefficient (Wildman–Crippen LogP) is 3.34. The van der Waals surface area contributed by atoms with Gasteiger partial charge in [-0.3, -0.25) is 19.3 Å². The van der Waals surface area contributed by atoms with Crippen LogP contribution in [0.25, 0.3) is 0 Å². The SMILES string of the molecule is CCSC(N)=NCCSCCCn1c(=O)cc(Nc2ccc(C)c(CC)c2)[nH]c1=O. The van der Waals surface area contributed by atoms with Gasteiger partial charge < -0.3 is 11.1 Å². The highest BCUT2D eigenvalue weighted by Gasteiger charge is 2.06. The number of nitrogens with zero attached hydrogens (tertiary/aromatic N) is 2. The molecule has 0 aliphatic rings. The van der Waals surface area contributed by atoms with Crippen LogP contribution in [0, 0.1) is 6.92 Å². The van der Waals surface area contributed by atoms with Crippen molar-refractivity contribution < 1.29 is 0 Å². The van der Waals surface area contributed by atoms with E-state index in [2.05, 4.69) is 29.1 Å². The molecule has 0 aliphatic carbocycles. The molecule has 0 atom stereocenters. The minimum Gasteiger partial charge on any atom is -0.379 e. The first-order valence-electron chi connectivity index (χ1n) is 10.2. The first kappa shape index (κ1) is 24.1. The second-order valence-electron chi connectivity index (χ2n) is 6.72. The summed E-state index contributed by atoms with van der Waals surface area (Å²) in [5.41, 5.74) is 8.34. The number of thioether (sulfide) groups is 2. The maximum absolute atomic E-state index is 12.4. The van der Waals surface area contributed by atoms with Crippen molar-refractivity contribution in [1.29, 1.82) is 0 Å². The van der Waals surface area contributed by atoms with E-state index in [9.17, 15) is 9.59 Å². The largest absolute Gasteiger partial charge is 0.379 e. The second-order valence-corrected chi connectivity index (χ2v) is 9.23. The summed E-state index contributed by atoms with van der Waals surface area (Å²) in [6, 6.07) is 7.44. The molecule has 0 fully saturated rings. The quantitative estimate of drug-likeness (QED) is 0.276. The molecular formula is C21H31N5O2S2. The average Bonchev–Trinajstić information content (AvgIpc) is 2.70. The smallest absolute Gasteiger partial charge is 0.329 e. The summed E-state index contributed by atoms with van der Waals surface area (Å²) in [4.78, 5) is 31.8. The number of aliphatic imine (C=N–C) groups is 1. The number of aromatic amines is 1. The van der Waals surface area contributed by atoms with Crippen molar-refractivity contribution in [2.24, 2.45) is 10.7 Å². The van der Waals surface area contributed by atoms with Gasteiger partial charge in [0.05, 0.1) is 6.54 Å². The van der Waals surface area contributed by atoms with Crippen molar-refractivity contribution in [1.82, 2.24) is 9.55 Å². The van der Waals surface area contributed by atoms with Gasteiger partial charge in [-0.15, -0.1) is 0 Å². The van der Waals surface area contributed by atoms with Crippen LogP contribution in [0.4, 0.5) is 11.5 Å². The molecule has 0 aliphatic heterocycles. The van der Waals surface area contributed by atoms with E-state index in [0.717, 1.165) is 35.8 Å². The fourth-order valence-corrected chi connectivity index (χ4v) is 4.16. The highest BCUT2D eigenvalue weighted by molar-refractivity contribution is 8.13. The molecule has 164 valence electrons. The first-order valence-corrected chi connectivity index (χ1v) is 12.3. The number of hydrogen-bond donors (Lipinski definition) is 3. The molecule has 1 heterocycles. The third-order valence-electron chi connectivity index (χ3n) is 4.50. The number of aryl methyl sites for hydroxylation is 2. The van der Waals surface area contributed by atoms with Crippen molar-refractivity contribution in [2.45, 2.75) is 40.2 Å². The standard InChI is InChI=1S/C21H31N5O2S2/c1-4-16-13-17(8-7-15(16)3)24-18-14-19(27)26(21(28)25-18)10-6-11-29-12-9-23-20(22)30-5-2/h7-8,13-14,24H,4-6,9-12H2,1-3H3,(H2,22,23)(H,25,28). The fraction of sp³-hybridized carbons (Fsp3) is 0.476. The Bertz CT molecular complexity index is 937. The molecular weight excluding hydrogens is 418 g/mol. The summed E-state index contributed by atoms with van der Waals surface area (Å²) in [6.45, 7) is 7.28. The fourth-order valence-electron chi connectivity index (χ4n) is 2.93. The van der Waals surface area contributed by atoms with Crippen LogP contribution < -0.4 is 22.3 Å². The third-order valence-corrected chi connectivity index (χ3v) is 6.26. The summed E-state index contributed by atoms with van der Waals surface area (Å²) in [6.07, 6.45) is 1.66. The summed E-state index contributed by atoms with van der Waals surface area (Å²) in [5.74, 6) is 3.05. The number of rotatable bonds is 11. The van der Waals surface area contributed by atoms with Crippen LogP contribution >= 0.6 is 23.5 Å². The Labute approximate surface area is 186 Å². The van der Waals surface area contributed by atoms with E-state index in [4.69, 9.17) is 5.73 Å². The summed E-state index contributed by atoms with van der Waals surface area (Å²) in [5, 5.41) is 3.75. The van der Waals surface area contributed by atoms with Crippen LogP contribution in [0.5, 0.6) is 0 Å². The zero-order valence-corrected chi connectivity index (χ0v) is 19.5. The Hall–Kier alpha value is -2.13. The molecule has 0 saturated carbocycles. The molecule has 0 bridgehead atoms. The summed E-state index contributed by atoms with van der Waals surface area (Å²) < 4.78 is 1.24. The number of benzene rings is 1. The minimum absolute atomic E-state index is 0.303. The molecule has 2 rings (SSSR count). The Kier molecular flexibility index (Phi) is 10.1. The van der Waals surface area contributed by atoms with Gasteiger partial charge in [-0.2, -0.15) is 11.8 Å². The molecule has 4 N–H and O–H groups in total. The predicted molar refractivity (Wildman–Crippen MR) is 132 cm³/mol. The molecule has 0 spiro atoms. The van der Waals surface area contributed by atoms with Crippen LogP contribution in [0.1, 0.15) is 31.4 Å². The normalized spacial score (nSPS) is 11.6. The Morgan fingerprint density at radius 2 is 2.03 bits per heavy atom. The molecule has 0 saturated heterocycles. The molecule has 2 aromatic rings. The number of H-pyrrole nitrogens is 1. The first-order chi connectivity index (χ1) is 14.4. The lowest BCUT2D eigenvalue weighted by atomic mass is 10.1. The molecule has 30 heavy (non-hydrogen) atoms. The van der Waals surface area contributed by atoms with Gasteiger partial charge in [-0.05, 0) is 54.5 Å². The maximum Gasteiger partial charge on any atom is 0.329 e. The van der Waals surface area contributed by atoms with E-state index in [-0.39, 0.29) is 5.56 Å². The van der Waals surface area contributed by atoms with E-state index in [0.29, 0.717) is 24.1 Å². The lowest BCUT2D eigenvalue weighted by Gasteiger charge is -2.11. The van der Waals surface area contributed by atoms with Gasteiger partial charge >= 0.3 is 5.69 Å². The van der Waals surface area contributed by atoms with Crippen LogP contribution in [-0.4, -0.2) is 38.5 Å². The van der Waals surface area contributed by atoms with Gasteiger partial charge in [0.2, 0.25) is 0 Å². The number of aromatic nitrogens is 2. The molecule has 0 radical (unpaired) electrons. The van der Waals surface area contributed by atoms with Crippen molar-refractivity contribution >= 4 is 40.2 Å². The van der Waals surface area contributed by atoms with Crippen molar-refractivity contribution in [3.63, 3.8) is 0 Å². The van der Waals surface area contributed by atoms with Gasteiger partial charge in [0.25, 0.3) is 5.56 Å². The zero-order chi connectivity index (χ0) is 21.9. The van der Waals surface area contributed by atoms with Gasteiger partial charge in [-0.25, -0.2) is 4.79 Å². The summed E-state index contributed by atoms with van der Waals surface area (Å²) >= 11 is 3.28. The number of hydrogen-bond acceptors (Lipinski definition) is 6. The Morgan fingerprint density at radius 1 is 1.23 bits per heavy atom. The molecule has 7 nitrogen and oxygen atoms in total. The highest BCUT2D eigenvalue weighted by atomic mass is 32.2. The lowest BCUT2D eigenvalue weighted by molar-refractivity contribution is 0.620.